The maximum absolute atomic E-state index is 11.9. The molecule has 1 aromatic rings. The third-order valence-corrected chi connectivity index (χ3v) is 3.97. The van der Waals surface area contributed by atoms with Crippen molar-refractivity contribution in [1.29, 1.82) is 0 Å². The van der Waals surface area contributed by atoms with Gasteiger partial charge in [0.1, 0.15) is 11.5 Å². The van der Waals surface area contributed by atoms with Gasteiger partial charge in [-0.25, -0.2) is 0 Å². The van der Waals surface area contributed by atoms with Crippen molar-refractivity contribution in [2.24, 2.45) is 11.7 Å². The Hall–Kier alpha value is -1.46. The summed E-state index contributed by atoms with van der Waals surface area (Å²) in [7, 11) is 1.62. The number of nitrogens with two attached hydrogens (primary N) is 1. The molecule has 1 fully saturated rings. The predicted molar refractivity (Wildman–Crippen MR) is 88.7 cm³/mol. The molecule has 0 aromatic heterocycles. The van der Waals surface area contributed by atoms with Gasteiger partial charge in [-0.05, 0) is 49.6 Å². The average Bonchev–Trinajstić information content (AvgIpc) is 2.95. The Morgan fingerprint density at radius 2 is 1.95 bits per heavy atom. The second-order valence-corrected chi connectivity index (χ2v) is 5.37. The number of hydrogen-bond donors (Lipinski definition) is 2. The molecule has 0 aliphatic heterocycles. The fourth-order valence-corrected chi connectivity index (χ4v) is 2.72. The van der Waals surface area contributed by atoms with E-state index in [1.54, 1.807) is 7.11 Å². The van der Waals surface area contributed by atoms with Gasteiger partial charge in [-0.3, -0.25) is 4.79 Å². The lowest BCUT2D eigenvalue weighted by atomic mass is 10.0. The first-order chi connectivity index (χ1) is 10.2. The van der Waals surface area contributed by atoms with Gasteiger partial charge < -0.3 is 20.5 Å². The number of halogens is 1. The van der Waals surface area contributed by atoms with Crippen LogP contribution in [0.25, 0.3) is 0 Å². The highest BCUT2D eigenvalue weighted by molar-refractivity contribution is 5.85. The van der Waals surface area contributed by atoms with Crippen molar-refractivity contribution >= 4 is 18.3 Å². The Kier molecular flexibility index (Phi) is 8.06. The molecule has 1 aromatic carbocycles. The zero-order chi connectivity index (χ0) is 15.1. The van der Waals surface area contributed by atoms with E-state index in [0.29, 0.717) is 25.5 Å². The average molecular weight is 329 g/mol. The molecule has 22 heavy (non-hydrogen) atoms. The highest BCUT2D eigenvalue weighted by Gasteiger charge is 2.27. The van der Waals surface area contributed by atoms with E-state index in [-0.39, 0.29) is 24.4 Å². The summed E-state index contributed by atoms with van der Waals surface area (Å²) in [4.78, 5) is 11.9. The molecule has 2 unspecified atom stereocenters. The van der Waals surface area contributed by atoms with Crippen molar-refractivity contribution in [3.63, 3.8) is 0 Å². The summed E-state index contributed by atoms with van der Waals surface area (Å²) < 4.78 is 10.6. The van der Waals surface area contributed by atoms with E-state index in [4.69, 9.17) is 15.2 Å². The van der Waals surface area contributed by atoms with Crippen LogP contribution in [-0.2, 0) is 4.79 Å². The van der Waals surface area contributed by atoms with E-state index in [1.807, 2.05) is 24.3 Å². The van der Waals surface area contributed by atoms with Crippen LogP contribution in [0.15, 0.2) is 24.3 Å². The van der Waals surface area contributed by atoms with Gasteiger partial charge in [-0.15, -0.1) is 12.4 Å². The van der Waals surface area contributed by atoms with E-state index in [9.17, 15) is 4.79 Å². The quantitative estimate of drug-likeness (QED) is 0.804. The van der Waals surface area contributed by atoms with Crippen LogP contribution in [0.4, 0.5) is 0 Å². The molecule has 6 heteroatoms. The minimum absolute atomic E-state index is 0. The summed E-state index contributed by atoms with van der Waals surface area (Å²) in [5.41, 5.74) is 5.71. The highest BCUT2D eigenvalue weighted by Crippen LogP contribution is 2.24. The lowest BCUT2D eigenvalue weighted by molar-refractivity contribution is -0.122. The SMILES string of the molecule is COc1ccc(OCCC(=O)NC2CCCC2CN)cc1.Cl. The molecule has 1 amide bonds. The number of benzene rings is 1. The molecule has 1 aliphatic rings. The number of hydrogen-bond acceptors (Lipinski definition) is 4. The third-order valence-electron chi connectivity index (χ3n) is 3.97. The van der Waals surface area contributed by atoms with E-state index >= 15 is 0 Å². The topological polar surface area (TPSA) is 73.6 Å². The van der Waals surface area contributed by atoms with E-state index < -0.39 is 0 Å². The van der Waals surface area contributed by atoms with Gasteiger partial charge in [0.15, 0.2) is 0 Å². The Bertz CT molecular complexity index is 453. The van der Waals surface area contributed by atoms with Crippen molar-refractivity contribution in [3.05, 3.63) is 24.3 Å². The van der Waals surface area contributed by atoms with Crippen LogP contribution in [0.1, 0.15) is 25.7 Å². The van der Waals surface area contributed by atoms with Crippen molar-refractivity contribution < 1.29 is 14.3 Å². The van der Waals surface area contributed by atoms with E-state index in [0.717, 1.165) is 30.8 Å². The van der Waals surface area contributed by atoms with Crippen molar-refractivity contribution in [1.82, 2.24) is 5.32 Å². The molecular weight excluding hydrogens is 304 g/mol. The summed E-state index contributed by atoms with van der Waals surface area (Å²) in [6.45, 7) is 1.02. The Morgan fingerprint density at radius 3 is 2.59 bits per heavy atom. The van der Waals surface area contributed by atoms with Crippen LogP contribution >= 0.6 is 12.4 Å². The van der Waals surface area contributed by atoms with Crippen LogP contribution in [0.5, 0.6) is 11.5 Å². The maximum atomic E-state index is 11.9. The molecule has 2 atom stereocenters. The van der Waals surface area contributed by atoms with Crippen LogP contribution in [-0.4, -0.2) is 32.2 Å². The molecule has 0 heterocycles. The molecule has 0 saturated heterocycles. The second-order valence-electron chi connectivity index (χ2n) is 5.37. The number of carbonyl (C=O) groups is 1. The fourth-order valence-electron chi connectivity index (χ4n) is 2.72. The summed E-state index contributed by atoms with van der Waals surface area (Å²) in [5.74, 6) is 1.99. The van der Waals surface area contributed by atoms with Crippen LogP contribution in [0.3, 0.4) is 0 Å². The number of ether oxygens (including phenoxy) is 2. The molecule has 124 valence electrons. The predicted octanol–water partition coefficient (Wildman–Crippen LogP) is 2.13. The molecular formula is C16H25ClN2O3. The van der Waals surface area contributed by atoms with Crippen LogP contribution in [0.2, 0.25) is 0 Å². The van der Waals surface area contributed by atoms with Crippen LogP contribution in [0, 0.1) is 5.92 Å². The number of amides is 1. The number of methoxy groups -OCH3 is 1. The van der Waals surface area contributed by atoms with Gasteiger partial charge in [0, 0.05) is 6.04 Å². The van der Waals surface area contributed by atoms with Crippen molar-refractivity contribution in [3.8, 4) is 11.5 Å². The van der Waals surface area contributed by atoms with Crippen molar-refractivity contribution in [2.75, 3.05) is 20.3 Å². The van der Waals surface area contributed by atoms with Gasteiger partial charge in [0.05, 0.1) is 20.1 Å². The smallest absolute Gasteiger partial charge is 0.223 e. The molecule has 0 spiro atoms. The second kappa shape index (κ2) is 9.54. The standard InChI is InChI=1S/C16H24N2O3.ClH/c1-20-13-5-7-14(8-6-13)21-10-9-16(19)18-15-4-2-3-12(15)11-17;/h5-8,12,15H,2-4,9-11,17H2,1H3,(H,18,19);1H. The van der Waals surface area contributed by atoms with Gasteiger partial charge in [0.2, 0.25) is 5.91 Å². The van der Waals surface area contributed by atoms with Gasteiger partial charge in [-0.1, -0.05) is 6.42 Å². The molecule has 5 nitrogen and oxygen atoms in total. The van der Waals surface area contributed by atoms with Gasteiger partial charge >= 0.3 is 0 Å². The first-order valence-electron chi connectivity index (χ1n) is 7.49. The van der Waals surface area contributed by atoms with E-state index in [1.165, 1.54) is 0 Å². The molecule has 3 N–H and O–H groups in total. The number of nitrogens with one attached hydrogen (secondary N) is 1. The summed E-state index contributed by atoms with van der Waals surface area (Å²) in [6.07, 6.45) is 3.66. The first-order valence-corrected chi connectivity index (χ1v) is 7.49. The fraction of sp³-hybridized carbons (Fsp3) is 0.562. The highest BCUT2D eigenvalue weighted by atomic mass is 35.5. The Balaban J connectivity index is 0.00000242. The summed E-state index contributed by atoms with van der Waals surface area (Å²) in [6, 6.07) is 7.57. The zero-order valence-electron chi connectivity index (χ0n) is 12.9. The monoisotopic (exact) mass is 328 g/mol. The molecule has 2 rings (SSSR count). The zero-order valence-corrected chi connectivity index (χ0v) is 13.7. The summed E-state index contributed by atoms with van der Waals surface area (Å²) >= 11 is 0. The van der Waals surface area contributed by atoms with Gasteiger partial charge in [-0.2, -0.15) is 0 Å². The number of rotatable bonds is 7. The minimum Gasteiger partial charge on any atom is -0.497 e. The lowest BCUT2D eigenvalue weighted by Gasteiger charge is -2.19. The summed E-state index contributed by atoms with van der Waals surface area (Å²) in [5, 5.41) is 3.07. The van der Waals surface area contributed by atoms with Gasteiger partial charge in [0.25, 0.3) is 0 Å². The Morgan fingerprint density at radius 1 is 1.27 bits per heavy atom. The third kappa shape index (κ3) is 5.39. The maximum Gasteiger partial charge on any atom is 0.223 e. The first kappa shape index (κ1) is 18.6. The Labute approximate surface area is 138 Å². The lowest BCUT2D eigenvalue weighted by Crippen LogP contribution is -2.40. The van der Waals surface area contributed by atoms with Crippen LogP contribution < -0.4 is 20.5 Å². The van der Waals surface area contributed by atoms with E-state index in [2.05, 4.69) is 5.32 Å². The molecule has 1 saturated carbocycles. The normalized spacial score (nSPS) is 20.1. The molecule has 0 radical (unpaired) electrons. The number of carbonyl (C=O) groups excluding carboxylic acids is 1. The van der Waals surface area contributed by atoms with Crippen molar-refractivity contribution in [2.45, 2.75) is 31.7 Å². The molecule has 0 bridgehead atoms. The largest absolute Gasteiger partial charge is 0.497 e. The molecule has 1 aliphatic carbocycles. The minimum atomic E-state index is 0.